The first-order valence-electron chi connectivity index (χ1n) is 8.53. The molecule has 1 heterocycles. The summed E-state index contributed by atoms with van der Waals surface area (Å²) in [4.78, 5) is 27.0. The summed E-state index contributed by atoms with van der Waals surface area (Å²) in [6.45, 7) is 6.01. The van der Waals surface area contributed by atoms with Gasteiger partial charge in [-0.15, -0.1) is 0 Å². The van der Waals surface area contributed by atoms with E-state index in [4.69, 9.17) is 0 Å². The van der Waals surface area contributed by atoms with Gasteiger partial charge in [0, 0.05) is 29.8 Å². The van der Waals surface area contributed by atoms with Crippen molar-refractivity contribution in [3.8, 4) is 0 Å². The van der Waals surface area contributed by atoms with Crippen LogP contribution >= 0.6 is 0 Å². The molecule has 0 bridgehead atoms. The Bertz CT molecular complexity index is 711. The molecular weight excluding hydrogens is 298 g/mol. The molecule has 0 aromatic heterocycles. The molecule has 1 fully saturated rings. The van der Waals surface area contributed by atoms with Gasteiger partial charge in [0.25, 0.3) is 5.91 Å². The molecule has 2 aromatic rings. The number of piperidine rings is 1. The zero-order valence-corrected chi connectivity index (χ0v) is 14.2. The second kappa shape index (κ2) is 7.00. The lowest BCUT2D eigenvalue weighted by Gasteiger charge is -2.35. The van der Waals surface area contributed by atoms with E-state index in [1.165, 1.54) is 6.42 Å². The van der Waals surface area contributed by atoms with Crippen molar-refractivity contribution >= 4 is 11.7 Å². The summed E-state index contributed by atoms with van der Waals surface area (Å²) in [5.41, 5.74) is 1.93. The van der Waals surface area contributed by atoms with Gasteiger partial charge in [-0.3, -0.25) is 9.59 Å². The molecule has 0 saturated carbocycles. The van der Waals surface area contributed by atoms with Crippen molar-refractivity contribution in [1.82, 2.24) is 4.90 Å². The van der Waals surface area contributed by atoms with E-state index in [-0.39, 0.29) is 11.7 Å². The van der Waals surface area contributed by atoms with Gasteiger partial charge in [0.1, 0.15) is 0 Å². The third kappa shape index (κ3) is 3.56. The third-order valence-electron chi connectivity index (χ3n) is 4.59. The van der Waals surface area contributed by atoms with Crippen LogP contribution in [0.4, 0.5) is 0 Å². The van der Waals surface area contributed by atoms with Crippen LogP contribution in [0.5, 0.6) is 0 Å². The van der Waals surface area contributed by atoms with Crippen LogP contribution in [0.3, 0.4) is 0 Å². The number of hydrogen-bond donors (Lipinski definition) is 0. The van der Waals surface area contributed by atoms with Crippen LogP contribution in [-0.4, -0.2) is 29.7 Å². The van der Waals surface area contributed by atoms with E-state index in [0.29, 0.717) is 28.5 Å². The van der Waals surface area contributed by atoms with Gasteiger partial charge < -0.3 is 4.90 Å². The van der Waals surface area contributed by atoms with E-state index < -0.39 is 0 Å². The van der Waals surface area contributed by atoms with Crippen molar-refractivity contribution in [2.45, 2.75) is 20.3 Å². The molecule has 124 valence electrons. The topological polar surface area (TPSA) is 37.4 Å². The molecule has 0 N–H and O–H groups in total. The van der Waals surface area contributed by atoms with Crippen molar-refractivity contribution in [2.75, 3.05) is 13.1 Å². The Balaban J connectivity index is 1.74. The fraction of sp³-hybridized carbons (Fsp3) is 0.333. The van der Waals surface area contributed by atoms with Gasteiger partial charge in [-0.2, -0.15) is 0 Å². The molecule has 1 aliphatic heterocycles. The second-order valence-electron chi connectivity index (χ2n) is 6.93. The predicted octanol–water partition coefficient (Wildman–Crippen LogP) is 4.04. The van der Waals surface area contributed by atoms with Crippen LogP contribution in [0, 0.1) is 11.8 Å². The number of carbonyl (C=O) groups excluding carboxylic acids is 2. The predicted molar refractivity (Wildman–Crippen MR) is 95.2 cm³/mol. The summed E-state index contributed by atoms with van der Waals surface area (Å²) in [7, 11) is 0. The van der Waals surface area contributed by atoms with Gasteiger partial charge in [-0.25, -0.2) is 0 Å². The molecule has 1 aliphatic rings. The number of likely N-dealkylation sites (tertiary alicyclic amines) is 1. The Hall–Kier alpha value is -2.42. The van der Waals surface area contributed by atoms with Crippen LogP contribution in [-0.2, 0) is 0 Å². The zero-order valence-electron chi connectivity index (χ0n) is 14.2. The average Bonchev–Trinajstić information content (AvgIpc) is 2.60. The smallest absolute Gasteiger partial charge is 0.253 e. The quantitative estimate of drug-likeness (QED) is 0.800. The van der Waals surface area contributed by atoms with Gasteiger partial charge in [0.05, 0.1) is 0 Å². The van der Waals surface area contributed by atoms with Crippen LogP contribution < -0.4 is 0 Å². The Kier molecular flexibility index (Phi) is 4.79. The maximum absolute atomic E-state index is 12.7. The molecular formula is C21H23NO2. The number of rotatable bonds is 3. The highest BCUT2D eigenvalue weighted by Crippen LogP contribution is 2.22. The molecule has 2 atom stereocenters. The van der Waals surface area contributed by atoms with E-state index >= 15 is 0 Å². The zero-order chi connectivity index (χ0) is 17.1. The molecule has 0 spiro atoms. The molecule has 1 saturated heterocycles. The van der Waals surface area contributed by atoms with E-state index in [0.717, 1.165) is 13.1 Å². The minimum absolute atomic E-state index is 0.0187. The number of hydrogen-bond acceptors (Lipinski definition) is 2. The fourth-order valence-corrected chi connectivity index (χ4v) is 3.53. The Labute approximate surface area is 143 Å². The van der Waals surface area contributed by atoms with Crippen molar-refractivity contribution in [3.63, 3.8) is 0 Å². The second-order valence-corrected chi connectivity index (χ2v) is 6.93. The van der Waals surface area contributed by atoms with E-state index in [1.54, 1.807) is 36.4 Å². The highest BCUT2D eigenvalue weighted by Gasteiger charge is 2.26. The minimum Gasteiger partial charge on any atom is -0.338 e. The van der Waals surface area contributed by atoms with E-state index in [1.807, 2.05) is 23.1 Å². The van der Waals surface area contributed by atoms with E-state index in [2.05, 4.69) is 13.8 Å². The lowest BCUT2D eigenvalue weighted by atomic mass is 9.91. The maximum atomic E-state index is 12.7. The van der Waals surface area contributed by atoms with Gasteiger partial charge in [0.15, 0.2) is 5.78 Å². The maximum Gasteiger partial charge on any atom is 0.253 e. The van der Waals surface area contributed by atoms with E-state index in [9.17, 15) is 9.59 Å². The number of nitrogens with zero attached hydrogens (tertiary/aromatic N) is 1. The minimum atomic E-state index is -0.0187. The Morgan fingerprint density at radius 1 is 0.792 bits per heavy atom. The van der Waals surface area contributed by atoms with Crippen LogP contribution in [0.25, 0.3) is 0 Å². The molecule has 2 aromatic carbocycles. The molecule has 0 radical (unpaired) electrons. The van der Waals surface area contributed by atoms with Crippen molar-refractivity contribution in [1.29, 1.82) is 0 Å². The first-order chi connectivity index (χ1) is 11.5. The van der Waals surface area contributed by atoms with Gasteiger partial charge in [-0.1, -0.05) is 56.3 Å². The first kappa shape index (κ1) is 16.4. The summed E-state index contributed by atoms with van der Waals surface area (Å²) in [6.07, 6.45) is 1.17. The molecule has 1 amide bonds. The Morgan fingerprint density at radius 3 is 1.88 bits per heavy atom. The first-order valence-corrected chi connectivity index (χ1v) is 8.53. The SMILES string of the molecule is C[C@@H]1C[C@H](C)CN(C(=O)c2ccc(C(=O)c3ccccc3)cc2)C1. The lowest BCUT2D eigenvalue weighted by molar-refractivity contribution is 0.0623. The largest absolute Gasteiger partial charge is 0.338 e. The third-order valence-corrected chi connectivity index (χ3v) is 4.59. The highest BCUT2D eigenvalue weighted by atomic mass is 16.2. The fourth-order valence-electron chi connectivity index (χ4n) is 3.53. The molecule has 0 unspecified atom stereocenters. The van der Waals surface area contributed by atoms with Gasteiger partial charge in [0.2, 0.25) is 0 Å². The van der Waals surface area contributed by atoms with Crippen LogP contribution in [0.2, 0.25) is 0 Å². The number of benzene rings is 2. The summed E-state index contributed by atoms with van der Waals surface area (Å²) >= 11 is 0. The normalized spacial score (nSPS) is 20.7. The monoisotopic (exact) mass is 321 g/mol. The summed E-state index contributed by atoms with van der Waals surface area (Å²) in [6, 6.07) is 16.2. The molecule has 24 heavy (non-hydrogen) atoms. The lowest BCUT2D eigenvalue weighted by Crippen LogP contribution is -2.42. The standard InChI is InChI=1S/C21H23NO2/c1-15-12-16(2)14-22(13-15)21(24)19-10-8-18(9-11-19)20(23)17-6-4-3-5-7-17/h3-11,15-16H,12-14H2,1-2H3/t15-,16+. The summed E-state index contributed by atoms with van der Waals surface area (Å²) in [5, 5.41) is 0. The average molecular weight is 321 g/mol. The molecule has 3 rings (SSSR count). The van der Waals surface area contributed by atoms with Crippen molar-refractivity contribution < 1.29 is 9.59 Å². The van der Waals surface area contributed by atoms with Crippen molar-refractivity contribution in [2.24, 2.45) is 11.8 Å². The molecule has 0 aliphatic carbocycles. The van der Waals surface area contributed by atoms with Crippen LogP contribution in [0.15, 0.2) is 54.6 Å². The summed E-state index contributed by atoms with van der Waals surface area (Å²) < 4.78 is 0. The number of amides is 1. The number of ketones is 1. The van der Waals surface area contributed by atoms with Crippen molar-refractivity contribution in [3.05, 3.63) is 71.3 Å². The number of carbonyl (C=O) groups is 2. The van der Waals surface area contributed by atoms with Gasteiger partial charge >= 0.3 is 0 Å². The summed E-state index contributed by atoms with van der Waals surface area (Å²) in [5.74, 6) is 1.12. The Morgan fingerprint density at radius 2 is 1.29 bits per heavy atom. The van der Waals surface area contributed by atoms with Crippen LogP contribution in [0.1, 0.15) is 46.5 Å². The molecule has 3 heteroatoms. The van der Waals surface area contributed by atoms with Gasteiger partial charge in [-0.05, 0) is 30.4 Å². The molecule has 3 nitrogen and oxygen atoms in total. The highest BCUT2D eigenvalue weighted by molar-refractivity contribution is 6.09.